The normalized spacial score (nSPS) is 25.3. The summed E-state index contributed by atoms with van der Waals surface area (Å²) < 4.78 is 4.82. The Bertz CT molecular complexity index is 293. The Kier molecular flexibility index (Phi) is 3.10. The van der Waals surface area contributed by atoms with Gasteiger partial charge in [0.15, 0.2) is 0 Å². The van der Waals surface area contributed by atoms with E-state index in [0.29, 0.717) is 11.5 Å². The minimum atomic E-state index is 0.419. The van der Waals surface area contributed by atoms with Gasteiger partial charge in [0.1, 0.15) is 6.26 Å². The maximum absolute atomic E-state index is 4.82. The van der Waals surface area contributed by atoms with Crippen molar-refractivity contribution in [1.82, 2.24) is 10.5 Å². The summed E-state index contributed by atoms with van der Waals surface area (Å²) in [5, 5.41) is 7.50. The molecule has 15 heavy (non-hydrogen) atoms. The summed E-state index contributed by atoms with van der Waals surface area (Å²) in [6.07, 6.45) is 6.95. The quantitative estimate of drug-likeness (QED) is 0.830. The largest absolute Gasteiger partial charge is 0.364 e. The van der Waals surface area contributed by atoms with Crippen LogP contribution in [0.4, 0.5) is 0 Å². The van der Waals surface area contributed by atoms with Crippen LogP contribution in [-0.4, -0.2) is 11.2 Å². The van der Waals surface area contributed by atoms with Gasteiger partial charge in [-0.1, -0.05) is 31.8 Å². The van der Waals surface area contributed by atoms with Crippen LogP contribution in [0.25, 0.3) is 0 Å². The van der Waals surface area contributed by atoms with Crippen molar-refractivity contribution in [2.24, 2.45) is 5.41 Å². The number of hydrogen-bond donors (Lipinski definition) is 1. The van der Waals surface area contributed by atoms with Gasteiger partial charge in [-0.05, 0) is 18.3 Å². The lowest BCUT2D eigenvalue weighted by Crippen LogP contribution is -2.43. The zero-order valence-electron chi connectivity index (χ0n) is 9.62. The van der Waals surface area contributed by atoms with Crippen molar-refractivity contribution >= 4 is 0 Å². The molecule has 2 rings (SSSR count). The molecular weight excluding hydrogens is 188 g/mol. The van der Waals surface area contributed by atoms with Crippen molar-refractivity contribution in [3.05, 3.63) is 18.0 Å². The lowest BCUT2D eigenvalue weighted by molar-refractivity contribution is 0.166. The van der Waals surface area contributed by atoms with Gasteiger partial charge >= 0.3 is 0 Å². The van der Waals surface area contributed by atoms with Gasteiger partial charge in [-0.3, -0.25) is 0 Å². The standard InChI is InChI=1S/C12H20N2O/c1-12(2)7-4-3-5-11(12)13-9-10-6-8-15-14-10/h6,8,11,13H,3-5,7,9H2,1-2H3. The monoisotopic (exact) mass is 208 g/mol. The van der Waals surface area contributed by atoms with E-state index in [2.05, 4.69) is 24.3 Å². The van der Waals surface area contributed by atoms with Crippen molar-refractivity contribution in [3.8, 4) is 0 Å². The van der Waals surface area contributed by atoms with Gasteiger partial charge in [-0.15, -0.1) is 0 Å². The zero-order chi connectivity index (χ0) is 10.7. The molecule has 0 aromatic carbocycles. The molecule has 1 saturated carbocycles. The molecule has 1 heterocycles. The number of hydrogen-bond acceptors (Lipinski definition) is 3. The summed E-state index contributed by atoms with van der Waals surface area (Å²) in [6.45, 7) is 5.53. The van der Waals surface area contributed by atoms with Gasteiger partial charge in [0, 0.05) is 18.7 Å². The Morgan fingerprint density at radius 3 is 3.07 bits per heavy atom. The molecule has 0 radical (unpaired) electrons. The number of aromatic nitrogens is 1. The van der Waals surface area contributed by atoms with Crippen molar-refractivity contribution < 1.29 is 4.52 Å². The molecule has 0 aliphatic heterocycles. The van der Waals surface area contributed by atoms with Crippen LogP contribution in [0.2, 0.25) is 0 Å². The molecule has 1 aliphatic rings. The van der Waals surface area contributed by atoms with E-state index in [1.54, 1.807) is 6.26 Å². The first-order valence-electron chi connectivity index (χ1n) is 5.81. The highest BCUT2D eigenvalue weighted by Crippen LogP contribution is 2.35. The van der Waals surface area contributed by atoms with Crippen molar-refractivity contribution in [3.63, 3.8) is 0 Å². The molecule has 1 fully saturated rings. The third kappa shape index (κ3) is 2.59. The van der Waals surface area contributed by atoms with Crippen LogP contribution in [-0.2, 0) is 6.54 Å². The summed E-state index contributed by atoms with van der Waals surface area (Å²) in [4.78, 5) is 0. The van der Waals surface area contributed by atoms with Crippen LogP contribution in [0.5, 0.6) is 0 Å². The van der Waals surface area contributed by atoms with E-state index in [9.17, 15) is 0 Å². The zero-order valence-corrected chi connectivity index (χ0v) is 9.62. The summed E-state index contributed by atoms with van der Waals surface area (Å²) in [5.41, 5.74) is 1.42. The number of nitrogens with one attached hydrogen (secondary N) is 1. The molecule has 0 saturated heterocycles. The summed E-state index contributed by atoms with van der Waals surface area (Å²) >= 11 is 0. The predicted octanol–water partition coefficient (Wildman–Crippen LogP) is 2.73. The predicted molar refractivity (Wildman–Crippen MR) is 59.4 cm³/mol. The Balaban J connectivity index is 1.88. The fourth-order valence-electron chi connectivity index (χ4n) is 2.43. The second-order valence-corrected chi connectivity index (χ2v) is 5.16. The second kappa shape index (κ2) is 4.35. The minimum absolute atomic E-state index is 0.419. The molecule has 3 nitrogen and oxygen atoms in total. The Morgan fingerprint density at radius 2 is 2.40 bits per heavy atom. The third-order valence-electron chi connectivity index (χ3n) is 3.53. The molecule has 1 atom stereocenters. The molecule has 1 aromatic heterocycles. The molecule has 1 N–H and O–H groups in total. The maximum atomic E-state index is 4.82. The highest BCUT2D eigenvalue weighted by atomic mass is 16.5. The number of nitrogens with zero attached hydrogens (tertiary/aromatic N) is 1. The van der Waals surface area contributed by atoms with E-state index in [0.717, 1.165) is 12.2 Å². The molecule has 1 unspecified atom stereocenters. The van der Waals surface area contributed by atoms with Crippen LogP contribution in [0, 0.1) is 5.41 Å². The number of rotatable bonds is 3. The first kappa shape index (κ1) is 10.7. The summed E-state index contributed by atoms with van der Waals surface area (Å²) in [6, 6.07) is 2.53. The van der Waals surface area contributed by atoms with E-state index in [-0.39, 0.29) is 0 Å². The van der Waals surface area contributed by atoms with Gasteiger partial charge in [0.05, 0.1) is 5.69 Å². The van der Waals surface area contributed by atoms with Crippen molar-refractivity contribution in [2.45, 2.75) is 52.1 Å². The van der Waals surface area contributed by atoms with Gasteiger partial charge in [-0.2, -0.15) is 0 Å². The molecular formula is C12H20N2O. The average molecular weight is 208 g/mol. The topological polar surface area (TPSA) is 38.1 Å². The van der Waals surface area contributed by atoms with Crippen LogP contribution >= 0.6 is 0 Å². The molecule has 1 aliphatic carbocycles. The minimum Gasteiger partial charge on any atom is -0.364 e. The van der Waals surface area contributed by atoms with Crippen molar-refractivity contribution in [1.29, 1.82) is 0 Å². The summed E-state index contributed by atoms with van der Waals surface area (Å²) in [5.74, 6) is 0. The van der Waals surface area contributed by atoms with Gasteiger partial charge in [0.2, 0.25) is 0 Å². The van der Waals surface area contributed by atoms with E-state index < -0.39 is 0 Å². The first-order valence-corrected chi connectivity index (χ1v) is 5.81. The molecule has 0 bridgehead atoms. The van der Waals surface area contributed by atoms with Crippen LogP contribution < -0.4 is 5.32 Å². The van der Waals surface area contributed by atoms with E-state index in [1.165, 1.54) is 25.7 Å². The molecule has 3 heteroatoms. The summed E-state index contributed by atoms with van der Waals surface area (Å²) in [7, 11) is 0. The van der Waals surface area contributed by atoms with Gasteiger partial charge in [0.25, 0.3) is 0 Å². The van der Waals surface area contributed by atoms with Crippen LogP contribution in [0.1, 0.15) is 45.2 Å². The average Bonchev–Trinajstić information content (AvgIpc) is 2.68. The highest BCUT2D eigenvalue weighted by molar-refractivity contribution is 4.96. The van der Waals surface area contributed by atoms with Crippen LogP contribution in [0.15, 0.2) is 16.9 Å². The molecule has 0 spiro atoms. The SMILES string of the molecule is CC1(C)CCCCC1NCc1ccon1. The lowest BCUT2D eigenvalue weighted by Gasteiger charge is -2.39. The third-order valence-corrected chi connectivity index (χ3v) is 3.53. The fraction of sp³-hybridized carbons (Fsp3) is 0.750. The maximum Gasteiger partial charge on any atom is 0.124 e. The van der Waals surface area contributed by atoms with Crippen LogP contribution in [0.3, 0.4) is 0 Å². The fourth-order valence-corrected chi connectivity index (χ4v) is 2.43. The van der Waals surface area contributed by atoms with E-state index in [1.807, 2.05) is 6.07 Å². The Morgan fingerprint density at radius 1 is 1.53 bits per heavy atom. The molecule has 84 valence electrons. The lowest BCUT2D eigenvalue weighted by atomic mass is 9.73. The van der Waals surface area contributed by atoms with E-state index in [4.69, 9.17) is 4.52 Å². The second-order valence-electron chi connectivity index (χ2n) is 5.16. The van der Waals surface area contributed by atoms with E-state index >= 15 is 0 Å². The first-order chi connectivity index (χ1) is 7.18. The van der Waals surface area contributed by atoms with Gasteiger partial charge < -0.3 is 9.84 Å². The molecule has 1 aromatic rings. The van der Waals surface area contributed by atoms with Gasteiger partial charge in [-0.25, -0.2) is 0 Å². The molecule has 0 amide bonds. The highest BCUT2D eigenvalue weighted by Gasteiger charge is 2.31. The Hall–Kier alpha value is -0.830. The Labute approximate surface area is 91.2 Å². The van der Waals surface area contributed by atoms with Crippen molar-refractivity contribution in [2.75, 3.05) is 0 Å². The smallest absolute Gasteiger partial charge is 0.124 e.